The normalized spacial score (nSPS) is 11.5. The summed E-state index contributed by atoms with van der Waals surface area (Å²) in [5.41, 5.74) is -0.203. The number of aromatic nitrogens is 2. The van der Waals surface area contributed by atoms with Gasteiger partial charge in [0, 0.05) is 25.5 Å². The average Bonchev–Trinajstić information content (AvgIpc) is 2.73. The van der Waals surface area contributed by atoms with Gasteiger partial charge in [0.05, 0.1) is 14.7 Å². The van der Waals surface area contributed by atoms with Gasteiger partial charge in [-0.05, 0) is 23.9 Å². The summed E-state index contributed by atoms with van der Waals surface area (Å²) in [7, 11) is -2.19. The molecule has 0 radical (unpaired) electrons. The Bertz CT molecular complexity index is 769. The molecule has 10 heteroatoms. The average molecular weight is 314 g/mol. The number of aryl methyl sites for hydroxylation is 1. The van der Waals surface area contributed by atoms with Gasteiger partial charge in [0.1, 0.15) is 0 Å². The molecule has 0 atom stereocenters. The Morgan fingerprint density at radius 1 is 1.45 bits per heavy atom. The second-order valence-corrected chi connectivity index (χ2v) is 6.42. The van der Waals surface area contributed by atoms with Crippen molar-refractivity contribution in [2.75, 3.05) is 0 Å². The lowest BCUT2D eigenvalue weighted by molar-refractivity contribution is -0.387. The lowest BCUT2D eigenvalue weighted by Gasteiger charge is -2.05. The minimum Gasteiger partial charge on any atom is -0.329 e. The fraction of sp³-hybridized carbons (Fsp3) is 0.100. The molecule has 0 saturated carbocycles. The number of hydrogen-bond acceptors (Lipinski definition) is 6. The van der Waals surface area contributed by atoms with Crippen molar-refractivity contribution >= 4 is 27.5 Å². The standard InChI is InChI=1S/C10H10N4O4S2/c1-13-5-4-12-10(13)19-9-6-7(20(11,17)18)2-3-8(9)14(15)16/h2-6H,1H3,(H2,11,17,18). The first-order chi connectivity index (χ1) is 9.29. The molecule has 1 heterocycles. The molecule has 0 aliphatic rings. The van der Waals surface area contributed by atoms with Crippen LogP contribution in [0.4, 0.5) is 5.69 Å². The molecule has 0 fully saturated rings. The van der Waals surface area contributed by atoms with E-state index in [4.69, 9.17) is 5.14 Å². The van der Waals surface area contributed by atoms with Crippen molar-refractivity contribution in [3.8, 4) is 0 Å². The number of sulfonamides is 1. The molecule has 1 aromatic heterocycles. The molecular weight excluding hydrogens is 304 g/mol. The Labute approximate surface area is 118 Å². The summed E-state index contributed by atoms with van der Waals surface area (Å²) in [4.78, 5) is 14.4. The van der Waals surface area contributed by atoms with E-state index >= 15 is 0 Å². The van der Waals surface area contributed by atoms with Crippen LogP contribution in [0.3, 0.4) is 0 Å². The van der Waals surface area contributed by atoms with Gasteiger partial charge >= 0.3 is 0 Å². The molecule has 0 spiro atoms. The Balaban J connectivity index is 2.53. The number of imidazole rings is 1. The Kier molecular flexibility index (Phi) is 3.79. The van der Waals surface area contributed by atoms with E-state index in [1.165, 1.54) is 12.3 Å². The SMILES string of the molecule is Cn1ccnc1Sc1cc(S(N)(=O)=O)ccc1[N+](=O)[O-]. The molecule has 106 valence electrons. The van der Waals surface area contributed by atoms with E-state index in [9.17, 15) is 18.5 Å². The van der Waals surface area contributed by atoms with Gasteiger partial charge in [-0.15, -0.1) is 0 Å². The first-order valence-corrected chi connectivity index (χ1v) is 7.62. The predicted molar refractivity (Wildman–Crippen MR) is 71.8 cm³/mol. The van der Waals surface area contributed by atoms with E-state index in [1.807, 2.05) is 0 Å². The maximum absolute atomic E-state index is 11.3. The van der Waals surface area contributed by atoms with Gasteiger partial charge in [0.2, 0.25) is 10.0 Å². The summed E-state index contributed by atoms with van der Waals surface area (Å²) in [5.74, 6) is 0. The van der Waals surface area contributed by atoms with E-state index in [0.717, 1.165) is 23.9 Å². The third-order valence-corrected chi connectivity index (χ3v) is 4.47. The minimum absolute atomic E-state index is 0.163. The Morgan fingerprint density at radius 3 is 2.65 bits per heavy atom. The van der Waals surface area contributed by atoms with Gasteiger partial charge in [-0.1, -0.05) is 0 Å². The van der Waals surface area contributed by atoms with E-state index in [2.05, 4.69) is 4.98 Å². The quantitative estimate of drug-likeness (QED) is 0.667. The van der Waals surface area contributed by atoms with Crippen LogP contribution in [0.15, 0.2) is 45.5 Å². The molecule has 0 saturated heterocycles. The summed E-state index contributed by atoms with van der Waals surface area (Å²) in [5, 5.41) is 16.5. The summed E-state index contributed by atoms with van der Waals surface area (Å²) >= 11 is 0.996. The van der Waals surface area contributed by atoms with Crippen molar-refractivity contribution in [1.82, 2.24) is 9.55 Å². The fourth-order valence-corrected chi connectivity index (χ4v) is 3.02. The van der Waals surface area contributed by atoms with Gasteiger partial charge in [-0.25, -0.2) is 18.5 Å². The van der Waals surface area contributed by atoms with E-state index in [0.29, 0.717) is 5.16 Å². The molecular formula is C10H10N4O4S2. The number of nitro groups is 1. The number of hydrogen-bond donors (Lipinski definition) is 1. The summed E-state index contributed by atoms with van der Waals surface area (Å²) in [6.07, 6.45) is 3.22. The van der Waals surface area contributed by atoms with Gasteiger partial charge < -0.3 is 4.57 Å². The molecule has 2 rings (SSSR count). The molecule has 0 aliphatic heterocycles. The van der Waals surface area contributed by atoms with Crippen molar-refractivity contribution in [3.63, 3.8) is 0 Å². The Morgan fingerprint density at radius 2 is 2.15 bits per heavy atom. The summed E-state index contributed by atoms with van der Waals surface area (Å²) < 4.78 is 24.3. The van der Waals surface area contributed by atoms with Crippen molar-refractivity contribution < 1.29 is 13.3 Å². The van der Waals surface area contributed by atoms with Gasteiger partial charge in [0.15, 0.2) is 5.16 Å². The molecule has 20 heavy (non-hydrogen) atoms. The lowest BCUT2D eigenvalue weighted by Crippen LogP contribution is -2.12. The predicted octanol–water partition coefficient (Wildman–Crippen LogP) is 1.13. The highest BCUT2D eigenvalue weighted by molar-refractivity contribution is 7.99. The molecule has 0 amide bonds. The number of nitrogens with zero attached hydrogens (tertiary/aromatic N) is 3. The van der Waals surface area contributed by atoms with E-state index in [-0.39, 0.29) is 15.5 Å². The smallest absolute Gasteiger partial charge is 0.283 e. The number of rotatable bonds is 4. The number of primary sulfonamides is 1. The zero-order valence-electron chi connectivity index (χ0n) is 10.3. The molecule has 2 aromatic rings. The van der Waals surface area contributed by atoms with E-state index in [1.54, 1.807) is 17.8 Å². The first-order valence-electron chi connectivity index (χ1n) is 5.25. The fourth-order valence-electron chi connectivity index (χ4n) is 1.45. The third-order valence-electron chi connectivity index (χ3n) is 2.43. The van der Waals surface area contributed by atoms with Crippen LogP contribution in [0.2, 0.25) is 0 Å². The van der Waals surface area contributed by atoms with Gasteiger partial charge in [0.25, 0.3) is 5.69 Å². The molecule has 1 aromatic carbocycles. The lowest BCUT2D eigenvalue weighted by atomic mass is 10.3. The highest BCUT2D eigenvalue weighted by atomic mass is 32.2. The van der Waals surface area contributed by atoms with Crippen molar-refractivity contribution in [1.29, 1.82) is 0 Å². The molecule has 2 N–H and O–H groups in total. The highest BCUT2D eigenvalue weighted by Gasteiger charge is 2.20. The largest absolute Gasteiger partial charge is 0.329 e. The maximum Gasteiger partial charge on any atom is 0.283 e. The molecule has 0 aliphatic carbocycles. The van der Waals surface area contributed by atoms with Gasteiger partial charge in [-0.3, -0.25) is 10.1 Å². The van der Waals surface area contributed by atoms with Crippen molar-refractivity contribution in [2.45, 2.75) is 14.9 Å². The number of nitrogens with two attached hydrogens (primary N) is 1. The van der Waals surface area contributed by atoms with Crippen LogP contribution < -0.4 is 5.14 Å². The Hall–Kier alpha value is -1.91. The topological polar surface area (TPSA) is 121 Å². The van der Waals surface area contributed by atoms with Crippen molar-refractivity contribution in [2.24, 2.45) is 12.2 Å². The van der Waals surface area contributed by atoms with Crippen LogP contribution >= 0.6 is 11.8 Å². The molecule has 8 nitrogen and oxygen atoms in total. The van der Waals surface area contributed by atoms with E-state index < -0.39 is 14.9 Å². The van der Waals surface area contributed by atoms with Crippen LogP contribution in [-0.2, 0) is 17.1 Å². The van der Waals surface area contributed by atoms with Crippen LogP contribution in [0, 0.1) is 10.1 Å². The maximum atomic E-state index is 11.3. The van der Waals surface area contributed by atoms with Crippen LogP contribution in [0.5, 0.6) is 0 Å². The number of benzene rings is 1. The van der Waals surface area contributed by atoms with Crippen LogP contribution in [0.1, 0.15) is 0 Å². The van der Waals surface area contributed by atoms with Gasteiger partial charge in [-0.2, -0.15) is 0 Å². The second-order valence-electron chi connectivity index (χ2n) is 3.85. The summed E-state index contributed by atoms with van der Waals surface area (Å²) in [6.45, 7) is 0. The van der Waals surface area contributed by atoms with Crippen LogP contribution in [-0.4, -0.2) is 22.9 Å². The zero-order valence-corrected chi connectivity index (χ0v) is 11.9. The van der Waals surface area contributed by atoms with Crippen molar-refractivity contribution in [3.05, 3.63) is 40.7 Å². The highest BCUT2D eigenvalue weighted by Crippen LogP contribution is 2.35. The summed E-state index contributed by atoms with van der Waals surface area (Å²) in [6, 6.07) is 3.40. The minimum atomic E-state index is -3.92. The zero-order chi connectivity index (χ0) is 14.9. The molecule has 0 bridgehead atoms. The third kappa shape index (κ3) is 2.98. The second kappa shape index (κ2) is 5.23. The monoisotopic (exact) mass is 314 g/mol. The molecule has 0 unspecified atom stereocenters. The number of nitro benzene ring substituents is 1. The first kappa shape index (κ1) is 14.5. The van der Waals surface area contributed by atoms with Crippen LogP contribution in [0.25, 0.3) is 0 Å².